The van der Waals surface area contributed by atoms with Crippen molar-refractivity contribution in [2.75, 3.05) is 6.61 Å². The van der Waals surface area contributed by atoms with Gasteiger partial charge in [-0.25, -0.2) is 0 Å². The number of amides is 1. The Morgan fingerprint density at radius 2 is 0.579 bits per heavy atom. The Morgan fingerprint density at radius 1 is 0.329 bits per heavy atom. The molecule has 4 atom stereocenters. The van der Waals surface area contributed by atoms with E-state index in [9.17, 15) is 25.2 Å². The van der Waals surface area contributed by atoms with E-state index >= 15 is 0 Å². The zero-order chi connectivity index (χ0) is 55.1. The molecule has 0 aliphatic carbocycles. The molecular formula is C70H135NO5. The van der Waals surface area contributed by atoms with Crippen LogP contribution in [0.3, 0.4) is 0 Å². The summed E-state index contributed by atoms with van der Waals surface area (Å²) >= 11 is 0. The molecule has 0 aromatic carbocycles. The molecule has 0 aliphatic rings. The third kappa shape index (κ3) is 57.2. The van der Waals surface area contributed by atoms with Gasteiger partial charge < -0.3 is 25.7 Å². The van der Waals surface area contributed by atoms with Crippen LogP contribution in [-0.4, -0.2) is 57.3 Å². The van der Waals surface area contributed by atoms with Crippen LogP contribution in [-0.2, 0) is 4.79 Å². The first-order chi connectivity index (χ1) is 37.5. The molecule has 6 nitrogen and oxygen atoms in total. The molecule has 0 rings (SSSR count). The SMILES string of the molecule is CCCCCCCCCCCCCCC/C=C\C/C=C\CCCCCCCCCCCCCCCCCCC(O)C(=O)NC(CO)C(O)C(O)CCC/C=C/CCCCCCCCCCCCCCCCCCCCC. The third-order valence-electron chi connectivity index (χ3n) is 16.3. The first-order valence-electron chi connectivity index (χ1n) is 34.4. The van der Waals surface area contributed by atoms with Crippen LogP contribution in [0, 0.1) is 0 Å². The lowest BCUT2D eigenvalue weighted by Crippen LogP contribution is -2.53. The van der Waals surface area contributed by atoms with E-state index in [4.69, 9.17) is 0 Å². The summed E-state index contributed by atoms with van der Waals surface area (Å²) in [6.45, 7) is 4.09. The standard InChI is InChI=1S/C70H135NO5/c1-3-5-7-9-11-13-15-17-19-21-23-25-27-29-30-31-32-33-34-35-36-37-38-39-40-42-44-46-48-50-52-54-56-58-60-62-64-68(74)70(76)71-66(65-72)69(75)67(73)63-61-59-57-55-53-51-49-47-45-43-41-28-26-24-22-20-18-16-14-12-10-8-6-4-2/h30-31,33-34,55,57,66-69,72-75H,3-29,32,35-54,56,58-65H2,1-2H3,(H,71,76)/b31-30-,34-33-,57-55+. The number of allylic oxidation sites excluding steroid dienone is 6. The van der Waals surface area contributed by atoms with E-state index in [-0.39, 0.29) is 0 Å². The molecule has 0 spiro atoms. The molecule has 0 heterocycles. The van der Waals surface area contributed by atoms with Crippen LogP contribution in [0.2, 0.25) is 0 Å². The molecule has 0 saturated heterocycles. The van der Waals surface area contributed by atoms with Gasteiger partial charge in [0.25, 0.3) is 0 Å². The van der Waals surface area contributed by atoms with Crippen molar-refractivity contribution in [3.63, 3.8) is 0 Å². The van der Waals surface area contributed by atoms with E-state index in [0.29, 0.717) is 12.8 Å². The number of nitrogens with one attached hydrogen (secondary N) is 1. The predicted octanol–water partition coefficient (Wildman–Crippen LogP) is 21.1. The fourth-order valence-electron chi connectivity index (χ4n) is 11.0. The average Bonchev–Trinajstić information content (AvgIpc) is 3.42. The highest BCUT2D eigenvalue weighted by atomic mass is 16.3. The molecule has 1 amide bonds. The van der Waals surface area contributed by atoms with Gasteiger partial charge in [-0.3, -0.25) is 4.79 Å². The van der Waals surface area contributed by atoms with E-state index in [1.54, 1.807) is 0 Å². The molecule has 450 valence electrons. The van der Waals surface area contributed by atoms with Crippen LogP contribution < -0.4 is 5.32 Å². The van der Waals surface area contributed by atoms with Crippen LogP contribution in [0.15, 0.2) is 36.5 Å². The molecule has 0 fully saturated rings. The summed E-state index contributed by atoms with van der Waals surface area (Å²) in [5.74, 6) is -0.588. The number of hydrogen-bond donors (Lipinski definition) is 5. The summed E-state index contributed by atoms with van der Waals surface area (Å²) < 4.78 is 0. The molecule has 0 radical (unpaired) electrons. The van der Waals surface area contributed by atoms with Crippen LogP contribution in [0.5, 0.6) is 0 Å². The number of rotatable bonds is 64. The van der Waals surface area contributed by atoms with Gasteiger partial charge in [0.1, 0.15) is 12.2 Å². The number of carbonyl (C=O) groups excluding carboxylic acids is 1. The Balaban J connectivity index is 3.57. The Labute approximate surface area is 475 Å². The highest BCUT2D eigenvalue weighted by Gasteiger charge is 2.28. The van der Waals surface area contributed by atoms with E-state index in [1.165, 1.54) is 302 Å². The van der Waals surface area contributed by atoms with Gasteiger partial charge in [0, 0.05) is 0 Å². The summed E-state index contributed by atoms with van der Waals surface area (Å²) in [6.07, 6.45) is 82.7. The van der Waals surface area contributed by atoms with Gasteiger partial charge in [0.15, 0.2) is 0 Å². The number of aliphatic hydroxyl groups excluding tert-OH is 4. The second-order valence-corrected chi connectivity index (χ2v) is 23.9. The monoisotopic (exact) mass is 1070 g/mol. The number of carbonyl (C=O) groups is 1. The molecule has 0 bridgehead atoms. The Hall–Kier alpha value is -1.47. The minimum atomic E-state index is -1.28. The number of hydrogen-bond acceptors (Lipinski definition) is 5. The smallest absolute Gasteiger partial charge is 0.249 e. The summed E-state index contributed by atoms with van der Waals surface area (Å²) in [7, 11) is 0. The van der Waals surface area contributed by atoms with Gasteiger partial charge in [-0.05, 0) is 70.6 Å². The van der Waals surface area contributed by atoms with Crippen molar-refractivity contribution in [3.8, 4) is 0 Å². The van der Waals surface area contributed by atoms with Gasteiger partial charge in [-0.1, -0.05) is 339 Å². The van der Waals surface area contributed by atoms with Gasteiger partial charge in [-0.2, -0.15) is 0 Å². The normalized spacial score (nSPS) is 13.7. The Bertz CT molecular complexity index is 1200. The summed E-state index contributed by atoms with van der Waals surface area (Å²) in [5, 5.41) is 44.2. The minimum absolute atomic E-state index is 0.365. The highest BCUT2D eigenvalue weighted by Crippen LogP contribution is 2.19. The third-order valence-corrected chi connectivity index (χ3v) is 16.3. The maximum absolute atomic E-state index is 12.7. The van der Waals surface area contributed by atoms with E-state index < -0.39 is 36.9 Å². The zero-order valence-corrected chi connectivity index (χ0v) is 51.3. The molecule has 76 heavy (non-hydrogen) atoms. The molecular weight excluding hydrogens is 935 g/mol. The predicted molar refractivity (Wildman–Crippen MR) is 334 cm³/mol. The van der Waals surface area contributed by atoms with Crippen LogP contribution in [0.4, 0.5) is 0 Å². The fraction of sp³-hybridized carbons (Fsp3) is 0.900. The topological polar surface area (TPSA) is 110 Å². The summed E-state index contributed by atoms with van der Waals surface area (Å²) in [5.41, 5.74) is 0. The molecule has 6 heteroatoms. The van der Waals surface area contributed by atoms with Crippen molar-refractivity contribution in [3.05, 3.63) is 36.5 Å². The van der Waals surface area contributed by atoms with Gasteiger partial charge >= 0.3 is 0 Å². The van der Waals surface area contributed by atoms with E-state index in [2.05, 4.69) is 55.6 Å². The van der Waals surface area contributed by atoms with Crippen molar-refractivity contribution >= 4 is 5.91 Å². The van der Waals surface area contributed by atoms with Crippen molar-refractivity contribution in [2.45, 2.75) is 398 Å². The van der Waals surface area contributed by atoms with Gasteiger partial charge in [0.2, 0.25) is 5.91 Å². The average molecular weight is 1070 g/mol. The quantitative estimate of drug-likeness (QED) is 0.0308. The highest BCUT2D eigenvalue weighted by molar-refractivity contribution is 5.80. The molecule has 0 aliphatic heterocycles. The second-order valence-electron chi connectivity index (χ2n) is 23.9. The second kappa shape index (κ2) is 64.4. The fourth-order valence-corrected chi connectivity index (χ4v) is 11.0. The van der Waals surface area contributed by atoms with Gasteiger partial charge in [-0.15, -0.1) is 0 Å². The Morgan fingerprint density at radius 3 is 0.868 bits per heavy atom. The summed E-state index contributed by atoms with van der Waals surface area (Å²) in [6, 6.07) is -1.00. The van der Waals surface area contributed by atoms with E-state index in [0.717, 1.165) is 44.9 Å². The summed E-state index contributed by atoms with van der Waals surface area (Å²) in [4.78, 5) is 12.7. The first kappa shape index (κ1) is 74.5. The van der Waals surface area contributed by atoms with Crippen molar-refractivity contribution in [1.82, 2.24) is 5.32 Å². The lowest BCUT2D eigenvalue weighted by molar-refractivity contribution is -0.132. The number of unbranched alkanes of at least 4 members (excludes halogenated alkanes) is 49. The van der Waals surface area contributed by atoms with Gasteiger partial charge in [0.05, 0.1) is 18.8 Å². The Kier molecular flexibility index (Phi) is 63.1. The van der Waals surface area contributed by atoms with Crippen LogP contribution in [0.1, 0.15) is 373 Å². The molecule has 5 N–H and O–H groups in total. The largest absolute Gasteiger partial charge is 0.394 e. The molecule has 0 aromatic rings. The van der Waals surface area contributed by atoms with E-state index in [1.807, 2.05) is 0 Å². The number of aliphatic hydroxyl groups is 4. The van der Waals surface area contributed by atoms with Crippen LogP contribution >= 0.6 is 0 Å². The van der Waals surface area contributed by atoms with Crippen molar-refractivity contribution < 1.29 is 25.2 Å². The minimum Gasteiger partial charge on any atom is -0.394 e. The first-order valence-corrected chi connectivity index (χ1v) is 34.4. The van der Waals surface area contributed by atoms with Crippen molar-refractivity contribution in [1.29, 1.82) is 0 Å². The lowest BCUT2D eigenvalue weighted by Gasteiger charge is -2.27. The molecule has 0 aromatic heterocycles. The van der Waals surface area contributed by atoms with Crippen molar-refractivity contribution in [2.24, 2.45) is 0 Å². The maximum atomic E-state index is 12.7. The lowest BCUT2D eigenvalue weighted by atomic mass is 10.00. The van der Waals surface area contributed by atoms with Crippen LogP contribution in [0.25, 0.3) is 0 Å². The maximum Gasteiger partial charge on any atom is 0.249 e. The zero-order valence-electron chi connectivity index (χ0n) is 51.3. The molecule has 0 saturated carbocycles. The molecule has 4 unspecified atom stereocenters.